The molecule has 3 aromatic rings. The molecule has 0 spiro atoms. The molecule has 0 aliphatic carbocycles. The van der Waals surface area contributed by atoms with Crippen LogP contribution in [0.3, 0.4) is 0 Å². The van der Waals surface area contributed by atoms with E-state index in [1.54, 1.807) is 30.3 Å². The number of benzene rings is 3. The first-order valence-electron chi connectivity index (χ1n) is 9.01. The van der Waals surface area contributed by atoms with Crippen LogP contribution in [0, 0.1) is 3.57 Å². The van der Waals surface area contributed by atoms with Gasteiger partial charge in [-0.1, -0.05) is 30.3 Å². The summed E-state index contributed by atoms with van der Waals surface area (Å²) in [5.41, 5.74) is 1.95. The maximum Gasteiger partial charge on any atom is 0.416 e. The molecule has 0 bridgehead atoms. The van der Waals surface area contributed by atoms with Gasteiger partial charge in [-0.05, 0) is 76.2 Å². The summed E-state index contributed by atoms with van der Waals surface area (Å²) in [6, 6.07) is 18.5. The van der Waals surface area contributed by atoms with Gasteiger partial charge in [-0.3, -0.25) is 4.79 Å². The van der Waals surface area contributed by atoms with E-state index in [1.165, 1.54) is 6.07 Å². The van der Waals surface area contributed by atoms with Crippen LogP contribution >= 0.6 is 22.6 Å². The summed E-state index contributed by atoms with van der Waals surface area (Å²) in [7, 11) is 0. The Kier molecular flexibility index (Phi) is 5.55. The van der Waals surface area contributed by atoms with Crippen molar-refractivity contribution in [2.75, 3.05) is 5.32 Å². The Bertz CT molecular complexity index is 1120. The van der Waals surface area contributed by atoms with Crippen LogP contribution in [0.1, 0.15) is 22.3 Å². The van der Waals surface area contributed by atoms with E-state index < -0.39 is 17.6 Å². The van der Waals surface area contributed by atoms with Gasteiger partial charge >= 0.3 is 6.18 Å². The third-order valence-electron chi connectivity index (χ3n) is 4.64. The number of nitrogens with one attached hydrogen (secondary N) is 1. The molecule has 0 fully saturated rings. The molecule has 1 N–H and O–H groups in total. The molecular weight excluding hydrogens is 506 g/mol. The van der Waals surface area contributed by atoms with Gasteiger partial charge < -0.3 is 10.1 Å². The molecule has 1 heterocycles. The third kappa shape index (κ3) is 4.51. The molecule has 1 amide bonds. The van der Waals surface area contributed by atoms with Crippen LogP contribution in [0.25, 0.3) is 11.6 Å². The normalized spacial score (nSPS) is 14.5. The quantitative estimate of drug-likeness (QED) is 0.320. The predicted octanol–water partition coefficient (Wildman–Crippen LogP) is 6.38. The van der Waals surface area contributed by atoms with Crippen molar-refractivity contribution in [3.63, 3.8) is 0 Å². The average molecular weight is 521 g/mol. The second kappa shape index (κ2) is 8.14. The molecule has 152 valence electrons. The fourth-order valence-electron chi connectivity index (χ4n) is 3.09. The molecule has 0 saturated carbocycles. The Labute approximate surface area is 184 Å². The zero-order valence-corrected chi connectivity index (χ0v) is 17.6. The number of hydrogen-bond acceptors (Lipinski definition) is 2. The maximum absolute atomic E-state index is 12.9. The fourth-order valence-corrected chi connectivity index (χ4v) is 3.45. The first-order valence-corrected chi connectivity index (χ1v) is 10.1. The Morgan fingerprint density at radius 1 is 0.967 bits per heavy atom. The lowest BCUT2D eigenvalue weighted by Crippen LogP contribution is -2.06. The molecule has 3 nitrogen and oxygen atoms in total. The van der Waals surface area contributed by atoms with Crippen molar-refractivity contribution >= 4 is 45.8 Å². The highest BCUT2D eigenvalue weighted by atomic mass is 127. The Morgan fingerprint density at radius 3 is 2.33 bits per heavy atom. The molecule has 30 heavy (non-hydrogen) atoms. The minimum absolute atomic E-state index is 0.165. The molecule has 4 rings (SSSR count). The van der Waals surface area contributed by atoms with Gasteiger partial charge in [-0.25, -0.2) is 0 Å². The number of ether oxygens (including phenoxy) is 1. The minimum Gasteiger partial charge on any atom is -0.489 e. The van der Waals surface area contributed by atoms with Crippen molar-refractivity contribution in [3.05, 3.63) is 92.6 Å². The molecule has 0 saturated heterocycles. The molecule has 0 atom stereocenters. The molecule has 0 radical (unpaired) electrons. The van der Waals surface area contributed by atoms with Crippen molar-refractivity contribution in [1.82, 2.24) is 0 Å². The summed E-state index contributed by atoms with van der Waals surface area (Å²) < 4.78 is 45.6. The van der Waals surface area contributed by atoms with E-state index in [0.717, 1.165) is 26.8 Å². The van der Waals surface area contributed by atoms with Crippen molar-refractivity contribution in [3.8, 4) is 5.75 Å². The van der Waals surface area contributed by atoms with E-state index in [-0.39, 0.29) is 5.69 Å². The molecule has 1 aliphatic heterocycles. The first-order chi connectivity index (χ1) is 14.3. The van der Waals surface area contributed by atoms with Gasteiger partial charge in [0.25, 0.3) is 5.91 Å². The molecule has 3 aromatic carbocycles. The van der Waals surface area contributed by atoms with Crippen molar-refractivity contribution in [2.24, 2.45) is 0 Å². The minimum atomic E-state index is -4.46. The van der Waals surface area contributed by atoms with E-state index in [1.807, 2.05) is 24.3 Å². The number of hydrogen-bond donors (Lipinski definition) is 1. The SMILES string of the molecule is O=C1Nc2cc(C(F)(F)F)ccc2/C1=C/c1ccc(OCc2ccc(I)cc2)cc1. The molecular formula is C23H15F3INO2. The van der Waals surface area contributed by atoms with Crippen LogP contribution in [-0.2, 0) is 17.6 Å². The number of alkyl halides is 3. The number of amides is 1. The first kappa shape index (κ1) is 20.5. The largest absolute Gasteiger partial charge is 0.489 e. The summed E-state index contributed by atoms with van der Waals surface area (Å²) in [4.78, 5) is 12.3. The fraction of sp³-hybridized carbons (Fsp3) is 0.0870. The van der Waals surface area contributed by atoms with Crippen LogP contribution in [0.15, 0.2) is 66.7 Å². The van der Waals surface area contributed by atoms with E-state index in [9.17, 15) is 18.0 Å². The summed E-state index contributed by atoms with van der Waals surface area (Å²) in [5, 5.41) is 2.50. The second-order valence-electron chi connectivity index (χ2n) is 6.75. The lowest BCUT2D eigenvalue weighted by Gasteiger charge is -2.08. The highest BCUT2D eigenvalue weighted by Crippen LogP contribution is 2.38. The van der Waals surface area contributed by atoms with E-state index >= 15 is 0 Å². The summed E-state index contributed by atoms with van der Waals surface area (Å²) in [6.07, 6.45) is -2.81. The van der Waals surface area contributed by atoms with Crippen molar-refractivity contribution < 1.29 is 22.7 Å². The average Bonchev–Trinajstić information content (AvgIpc) is 3.02. The predicted molar refractivity (Wildman–Crippen MR) is 118 cm³/mol. The smallest absolute Gasteiger partial charge is 0.416 e. The van der Waals surface area contributed by atoms with Crippen molar-refractivity contribution in [1.29, 1.82) is 0 Å². The number of anilines is 1. The summed E-state index contributed by atoms with van der Waals surface area (Å²) in [6.45, 7) is 0.439. The molecule has 0 aromatic heterocycles. The lowest BCUT2D eigenvalue weighted by atomic mass is 10.0. The number of halogens is 4. The Morgan fingerprint density at radius 2 is 1.67 bits per heavy atom. The van der Waals surface area contributed by atoms with Crippen LogP contribution in [0.4, 0.5) is 18.9 Å². The molecule has 1 aliphatic rings. The standard InChI is InChI=1S/C23H15F3INO2/c24-23(25,26)16-5-10-19-20(22(29)28-21(19)12-16)11-14-3-8-18(9-4-14)30-13-15-1-6-17(27)7-2-15/h1-12H,13H2,(H,28,29)/b20-11-. The van der Waals surface area contributed by atoms with Gasteiger partial charge in [0, 0.05) is 20.4 Å². The van der Waals surface area contributed by atoms with Gasteiger partial charge in [-0.2, -0.15) is 13.2 Å². The van der Waals surface area contributed by atoms with Gasteiger partial charge in [0.05, 0.1) is 5.56 Å². The number of fused-ring (bicyclic) bond motifs is 1. The van der Waals surface area contributed by atoms with E-state index in [2.05, 4.69) is 27.9 Å². The van der Waals surface area contributed by atoms with Gasteiger partial charge in [0.1, 0.15) is 12.4 Å². The highest BCUT2D eigenvalue weighted by molar-refractivity contribution is 14.1. The number of carbonyl (C=O) groups excluding carboxylic acids is 1. The van der Waals surface area contributed by atoms with Crippen LogP contribution in [-0.4, -0.2) is 5.91 Å². The third-order valence-corrected chi connectivity index (χ3v) is 5.36. The Balaban J connectivity index is 1.50. The molecule has 0 unspecified atom stereocenters. The van der Waals surface area contributed by atoms with Crippen LogP contribution in [0.2, 0.25) is 0 Å². The van der Waals surface area contributed by atoms with E-state index in [0.29, 0.717) is 23.5 Å². The van der Waals surface area contributed by atoms with Crippen LogP contribution < -0.4 is 10.1 Å². The zero-order valence-electron chi connectivity index (χ0n) is 15.5. The van der Waals surface area contributed by atoms with Gasteiger partial charge in [0.15, 0.2) is 0 Å². The summed E-state index contributed by atoms with van der Waals surface area (Å²) >= 11 is 2.24. The van der Waals surface area contributed by atoms with E-state index in [4.69, 9.17) is 4.74 Å². The van der Waals surface area contributed by atoms with Gasteiger partial charge in [-0.15, -0.1) is 0 Å². The maximum atomic E-state index is 12.9. The summed E-state index contributed by atoms with van der Waals surface area (Å²) in [5.74, 6) is 0.255. The number of rotatable bonds is 4. The van der Waals surface area contributed by atoms with Crippen LogP contribution in [0.5, 0.6) is 5.75 Å². The zero-order chi connectivity index (χ0) is 21.3. The monoisotopic (exact) mass is 521 g/mol. The number of carbonyl (C=O) groups is 1. The van der Waals surface area contributed by atoms with Crippen molar-refractivity contribution in [2.45, 2.75) is 12.8 Å². The lowest BCUT2D eigenvalue weighted by molar-refractivity contribution is -0.137. The Hall–Kier alpha value is -2.81. The highest BCUT2D eigenvalue weighted by Gasteiger charge is 2.33. The topological polar surface area (TPSA) is 38.3 Å². The van der Waals surface area contributed by atoms with Gasteiger partial charge in [0.2, 0.25) is 0 Å². The second-order valence-corrected chi connectivity index (χ2v) is 8.00. The molecule has 7 heteroatoms.